The van der Waals surface area contributed by atoms with Crippen molar-refractivity contribution in [3.63, 3.8) is 0 Å². The number of hydrogen-bond acceptors (Lipinski definition) is 3. The van der Waals surface area contributed by atoms with Gasteiger partial charge in [-0.3, -0.25) is 4.79 Å². The SMILES string of the molecule is COCCN(C(=O)c1cc(OC)ccc1Br)C(C)C. The minimum Gasteiger partial charge on any atom is -0.497 e. The fourth-order valence-corrected chi connectivity index (χ4v) is 2.15. The normalized spacial score (nSPS) is 10.6. The lowest BCUT2D eigenvalue weighted by Crippen LogP contribution is -2.39. The predicted octanol–water partition coefficient (Wildman–Crippen LogP) is 2.95. The molecule has 106 valence electrons. The third-order valence-electron chi connectivity index (χ3n) is 2.82. The molecule has 0 heterocycles. The second-order valence-corrected chi connectivity index (χ2v) is 5.29. The Hall–Kier alpha value is -1.07. The third-order valence-corrected chi connectivity index (χ3v) is 3.52. The molecule has 0 bridgehead atoms. The van der Waals surface area contributed by atoms with Crippen molar-refractivity contribution >= 4 is 21.8 Å². The molecule has 19 heavy (non-hydrogen) atoms. The Balaban J connectivity index is 3.01. The summed E-state index contributed by atoms with van der Waals surface area (Å²) in [7, 11) is 3.22. The minimum atomic E-state index is -0.0298. The highest BCUT2D eigenvalue weighted by atomic mass is 79.9. The maximum absolute atomic E-state index is 12.6. The Morgan fingerprint density at radius 3 is 2.58 bits per heavy atom. The van der Waals surface area contributed by atoms with E-state index < -0.39 is 0 Å². The summed E-state index contributed by atoms with van der Waals surface area (Å²) in [5, 5.41) is 0. The van der Waals surface area contributed by atoms with E-state index in [1.807, 2.05) is 26.0 Å². The summed E-state index contributed by atoms with van der Waals surface area (Å²) in [6.45, 7) is 5.06. The second kappa shape index (κ2) is 7.50. The van der Waals surface area contributed by atoms with Gasteiger partial charge in [0.05, 0.1) is 19.3 Å². The van der Waals surface area contributed by atoms with E-state index in [0.717, 1.165) is 4.47 Å². The Kier molecular flexibility index (Phi) is 6.31. The molecule has 0 fully saturated rings. The van der Waals surface area contributed by atoms with E-state index >= 15 is 0 Å². The highest BCUT2D eigenvalue weighted by Crippen LogP contribution is 2.24. The van der Waals surface area contributed by atoms with E-state index in [9.17, 15) is 4.79 Å². The van der Waals surface area contributed by atoms with E-state index in [2.05, 4.69) is 15.9 Å². The van der Waals surface area contributed by atoms with Crippen LogP contribution in [0.4, 0.5) is 0 Å². The van der Waals surface area contributed by atoms with Crippen molar-refractivity contribution in [2.45, 2.75) is 19.9 Å². The molecule has 0 spiro atoms. The number of carbonyl (C=O) groups excluding carboxylic acids is 1. The molecule has 0 saturated carbocycles. The predicted molar refractivity (Wildman–Crippen MR) is 78.7 cm³/mol. The molecule has 0 N–H and O–H groups in total. The van der Waals surface area contributed by atoms with Crippen molar-refractivity contribution in [3.8, 4) is 5.75 Å². The third kappa shape index (κ3) is 4.21. The van der Waals surface area contributed by atoms with Crippen molar-refractivity contribution in [1.82, 2.24) is 4.90 Å². The van der Waals surface area contributed by atoms with Crippen LogP contribution in [-0.2, 0) is 4.74 Å². The maximum atomic E-state index is 12.6. The smallest absolute Gasteiger partial charge is 0.255 e. The number of hydrogen-bond donors (Lipinski definition) is 0. The average molecular weight is 330 g/mol. The van der Waals surface area contributed by atoms with E-state index in [0.29, 0.717) is 24.5 Å². The van der Waals surface area contributed by atoms with Crippen LogP contribution < -0.4 is 4.74 Å². The highest BCUT2D eigenvalue weighted by Gasteiger charge is 2.21. The summed E-state index contributed by atoms with van der Waals surface area (Å²) in [6.07, 6.45) is 0. The summed E-state index contributed by atoms with van der Waals surface area (Å²) >= 11 is 3.41. The molecule has 0 aliphatic heterocycles. The number of ether oxygens (including phenoxy) is 2. The zero-order valence-corrected chi connectivity index (χ0v) is 13.4. The molecule has 1 rings (SSSR count). The average Bonchev–Trinajstić information content (AvgIpc) is 2.39. The van der Waals surface area contributed by atoms with E-state index in [4.69, 9.17) is 9.47 Å². The van der Waals surface area contributed by atoms with Gasteiger partial charge in [0.2, 0.25) is 0 Å². The van der Waals surface area contributed by atoms with Gasteiger partial charge < -0.3 is 14.4 Å². The molecular formula is C14H20BrNO3. The fourth-order valence-electron chi connectivity index (χ4n) is 1.73. The largest absolute Gasteiger partial charge is 0.497 e. The van der Waals surface area contributed by atoms with Crippen LogP contribution in [0.25, 0.3) is 0 Å². The minimum absolute atomic E-state index is 0.0298. The van der Waals surface area contributed by atoms with Crippen LogP contribution in [0.3, 0.4) is 0 Å². The van der Waals surface area contributed by atoms with Crippen LogP contribution in [0.2, 0.25) is 0 Å². The van der Waals surface area contributed by atoms with Crippen LogP contribution in [0.5, 0.6) is 5.75 Å². The zero-order chi connectivity index (χ0) is 14.4. The summed E-state index contributed by atoms with van der Waals surface area (Å²) in [5.41, 5.74) is 0.601. The number of carbonyl (C=O) groups is 1. The molecule has 0 aliphatic carbocycles. The van der Waals surface area contributed by atoms with Crippen molar-refractivity contribution < 1.29 is 14.3 Å². The molecular weight excluding hydrogens is 310 g/mol. The summed E-state index contributed by atoms with van der Waals surface area (Å²) in [4.78, 5) is 14.3. The van der Waals surface area contributed by atoms with Crippen LogP contribution >= 0.6 is 15.9 Å². The molecule has 5 heteroatoms. The summed E-state index contributed by atoms with van der Waals surface area (Å²) in [5.74, 6) is 0.639. The highest BCUT2D eigenvalue weighted by molar-refractivity contribution is 9.10. The second-order valence-electron chi connectivity index (χ2n) is 4.43. The number of rotatable bonds is 6. The molecule has 0 aromatic heterocycles. The monoisotopic (exact) mass is 329 g/mol. The van der Waals surface area contributed by atoms with Crippen LogP contribution in [-0.4, -0.2) is 44.2 Å². The molecule has 0 saturated heterocycles. The van der Waals surface area contributed by atoms with Crippen LogP contribution in [0.15, 0.2) is 22.7 Å². The number of methoxy groups -OCH3 is 2. The number of nitrogens with zero attached hydrogens (tertiary/aromatic N) is 1. The van der Waals surface area contributed by atoms with Gasteiger partial charge in [-0.1, -0.05) is 0 Å². The van der Waals surface area contributed by atoms with Gasteiger partial charge in [0.1, 0.15) is 5.75 Å². The Labute approximate surface area is 122 Å². The van der Waals surface area contributed by atoms with Crippen LogP contribution in [0.1, 0.15) is 24.2 Å². The Morgan fingerprint density at radius 2 is 2.05 bits per heavy atom. The Morgan fingerprint density at radius 1 is 1.37 bits per heavy atom. The number of halogens is 1. The summed E-state index contributed by atoms with van der Waals surface area (Å²) in [6, 6.07) is 5.49. The first-order valence-electron chi connectivity index (χ1n) is 6.14. The molecule has 0 atom stereocenters. The van der Waals surface area contributed by atoms with Gasteiger partial charge in [-0.2, -0.15) is 0 Å². The van der Waals surface area contributed by atoms with Crippen molar-refractivity contribution in [2.75, 3.05) is 27.4 Å². The zero-order valence-electron chi connectivity index (χ0n) is 11.8. The lowest BCUT2D eigenvalue weighted by Gasteiger charge is -2.27. The molecule has 4 nitrogen and oxygen atoms in total. The van der Waals surface area contributed by atoms with Gasteiger partial charge in [-0.25, -0.2) is 0 Å². The van der Waals surface area contributed by atoms with Gasteiger partial charge in [-0.05, 0) is 48.0 Å². The molecule has 0 aliphatic rings. The lowest BCUT2D eigenvalue weighted by atomic mass is 10.1. The van der Waals surface area contributed by atoms with Crippen molar-refractivity contribution in [1.29, 1.82) is 0 Å². The van der Waals surface area contributed by atoms with Crippen LogP contribution in [0, 0.1) is 0 Å². The van der Waals surface area contributed by atoms with Gasteiger partial charge in [0, 0.05) is 24.2 Å². The lowest BCUT2D eigenvalue weighted by molar-refractivity contribution is 0.0633. The van der Waals surface area contributed by atoms with Crippen molar-refractivity contribution in [2.24, 2.45) is 0 Å². The first-order valence-corrected chi connectivity index (χ1v) is 6.94. The van der Waals surface area contributed by atoms with Gasteiger partial charge in [-0.15, -0.1) is 0 Å². The van der Waals surface area contributed by atoms with E-state index in [1.54, 1.807) is 25.2 Å². The number of benzene rings is 1. The van der Waals surface area contributed by atoms with Gasteiger partial charge in [0.15, 0.2) is 0 Å². The van der Waals surface area contributed by atoms with E-state index in [-0.39, 0.29) is 11.9 Å². The Bertz CT molecular complexity index is 435. The van der Waals surface area contributed by atoms with Crippen molar-refractivity contribution in [3.05, 3.63) is 28.2 Å². The first-order chi connectivity index (χ1) is 9.01. The first kappa shape index (κ1) is 16.0. The molecule has 0 unspecified atom stereocenters. The molecule has 1 aromatic carbocycles. The van der Waals surface area contributed by atoms with Gasteiger partial charge >= 0.3 is 0 Å². The molecule has 1 amide bonds. The fraction of sp³-hybridized carbons (Fsp3) is 0.500. The van der Waals surface area contributed by atoms with Gasteiger partial charge in [0.25, 0.3) is 5.91 Å². The number of amides is 1. The quantitative estimate of drug-likeness (QED) is 0.805. The maximum Gasteiger partial charge on any atom is 0.255 e. The standard InChI is InChI=1S/C14H20BrNO3/c1-10(2)16(7-8-18-3)14(17)12-9-11(19-4)5-6-13(12)15/h5-6,9-10H,7-8H2,1-4H3. The summed E-state index contributed by atoms with van der Waals surface area (Å²) < 4.78 is 11.0. The van der Waals surface area contributed by atoms with E-state index in [1.165, 1.54) is 0 Å². The molecule has 1 aromatic rings. The molecule has 0 radical (unpaired) electrons. The topological polar surface area (TPSA) is 38.8 Å².